The van der Waals surface area contributed by atoms with E-state index < -0.39 is 11.0 Å². The van der Waals surface area contributed by atoms with E-state index in [1.807, 2.05) is 52.0 Å². The molecule has 178 valence electrons. The van der Waals surface area contributed by atoms with Crippen molar-refractivity contribution in [3.05, 3.63) is 75.3 Å². The van der Waals surface area contributed by atoms with Crippen molar-refractivity contribution in [2.45, 2.75) is 64.9 Å². The van der Waals surface area contributed by atoms with E-state index in [1.165, 1.54) is 23.9 Å². The molecule has 2 amide bonds. The largest absolute Gasteiger partial charge is 0.352 e. The molecule has 33 heavy (non-hydrogen) atoms. The third-order valence-corrected chi connectivity index (χ3v) is 6.49. The minimum absolute atomic E-state index is 0.0411. The molecule has 2 aromatic rings. The number of thioether (sulfide) groups is 1. The van der Waals surface area contributed by atoms with Crippen LogP contribution in [0.2, 0.25) is 0 Å². The van der Waals surface area contributed by atoms with Crippen molar-refractivity contribution >= 4 is 29.3 Å². The predicted molar refractivity (Wildman–Crippen MR) is 133 cm³/mol. The lowest BCUT2D eigenvalue weighted by atomic mass is 10.1. The number of hydrogen-bond donors (Lipinski definition) is 1. The first-order valence-corrected chi connectivity index (χ1v) is 12.4. The van der Waals surface area contributed by atoms with Crippen molar-refractivity contribution in [2.75, 3.05) is 5.75 Å². The van der Waals surface area contributed by atoms with Gasteiger partial charge < -0.3 is 10.2 Å². The van der Waals surface area contributed by atoms with Crippen LogP contribution < -0.4 is 5.32 Å². The number of nitrogens with zero attached hydrogens (tertiary/aromatic N) is 2. The summed E-state index contributed by atoms with van der Waals surface area (Å²) in [6.45, 7) is 8.26. The first-order valence-electron chi connectivity index (χ1n) is 11.2. The van der Waals surface area contributed by atoms with Crippen LogP contribution in [-0.4, -0.2) is 39.5 Å². The van der Waals surface area contributed by atoms with E-state index >= 15 is 0 Å². The molecule has 0 aliphatic heterocycles. The van der Waals surface area contributed by atoms with Gasteiger partial charge >= 0.3 is 0 Å². The van der Waals surface area contributed by atoms with Crippen molar-refractivity contribution < 1.29 is 14.5 Å². The van der Waals surface area contributed by atoms with Gasteiger partial charge in [0.2, 0.25) is 11.8 Å². The molecule has 8 heteroatoms. The molecule has 2 rings (SSSR count). The van der Waals surface area contributed by atoms with Crippen LogP contribution in [0.25, 0.3) is 0 Å². The van der Waals surface area contributed by atoms with E-state index in [0.717, 1.165) is 23.1 Å². The molecule has 0 fully saturated rings. The highest BCUT2D eigenvalue weighted by atomic mass is 32.2. The Labute approximate surface area is 200 Å². The molecule has 0 saturated heterocycles. The number of hydrogen-bond acceptors (Lipinski definition) is 5. The maximum Gasteiger partial charge on any atom is 0.269 e. The lowest BCUT2D eigenvalue weighted by Gasteiger charge is -2.31. The zero-order valence-corrected chi connectivity index (χ0v) is 20.6. The molecule has 1 N–H and O–H groups in total. The normalized spacial score (nSPS) is 12.6. The van der Waals surface area contributed by atoms with Gasteiger partial charge in [0.15, 0.2) is 0 Å². The Morgan fingerprint density at radius 2 is 1.64 bits per heavy atom. The van der Waals surface area contributed by atoms with Crippen molar-refractivity contribution in [3.8, 4) is 0 Å². The Hall–Kier alpha value is -2.87. The van der Waals surface area contributed by atoms with E-state index in [9.17, 15) is 19.7 Å². The van der Waals surface area contributed by atoms with Gasteiger partial charge in [-0.2, -0.15) is 0 Å². The molecule has 2 atom stereocenters. The summed E-state index contributed by atoms with van der Waals surface area (Å²) in [5.41, 5.74) is 3.06. The SMILES string of the molecule is CC[C@@H](C)NC(=O)[C@H](CC)N(Cc1ccc(C)cc1)C(=O)CSCc1ccc([N+](=O)[O-])cc1. The van der Waals surface area contributed by atoms with Gasteiger partial charge in [0.1, 0.15) is 6.04 Å². The summed E-state index contributed by atoms with van der Waals surface area (Å²) >= 11 is 1.44. The Morgan fingerprint density at radius 3 is 2.18 bits per heavy atom. The number of aryl methyl sites for hydroxylation is 1. The average Bonchev–Trinajstić information content (AvgIpc) is 2.80. The van der Waals surface area contributed by atoms with E-state index in [0.29, 0.717) is 18.7 Å². The van der Waals surface area contributed by atoms with E-state index in [2.05, 4.69) is 5.32 Å². The van der Waals surface area contributed by atoms with Gasteiger partial charge in [-0.05, 0) is 37.8 Å². The van der Waals surface area contributed by atoms with Gasteiger partial charge in [-0.1, -0.05) is 55.8 Å². The van der Waals surface area contributed by atoms with Crippen molar-refractivity contribution in [3.63, 3.8) is 0 Å². The molecule has 0 aromatic heterocycles. The van der Waals surface area contributed by atoms with Crippen LogP contribution in [0.15, 0.2) is 48.5 Å². The van der Waals surface area contributed by atoms with Gasteiger partial charge in [-0.3, -0.25) is 19.7 Å². The molecule has 0 radical (unpaired) electrons. The Morgan fingerprint density at radius 1 is 1.03 bits per heavy atom. The first-order chi connectivity index (χ1) is 15.7. The summed E-state index contributed by atoms with van der Waals surface area (Å²) in [5.74, 6) is 0.537. The van der Waals surface area contributed by atoms with Gasteiger partial charge in [0.05, 0.1) is 10.7 Å². The summed E-state index contributed by atoms with van der Waals surface area (Å²) < 4.78 is 0. The maximum atomic E-state index is 13.2. The third kappa shape index (κ3) is 8.20. The van der Waals surface area contributed by atoms with Crippen LogP contribution >= 0.6 is 11.8 Å². The number of carbonyl (C=O) groups is 2. The zero-order valence-electron chi connectivity index (χ0n) is 19.7. The molecule has 2 aromatic carbocycles. The van der Waals surface area contributed by atoms with Gasteiger partial charge in [-0.25, -0.2) is 0 Å². The quantitative estimate of drug-likeness (QED) is 0.353. The van der Waals surface area contributed by atoms with E-state index in [1.54, 1.807) is 17.0 Å². The zero-order chi connectivity index (χ0) is 24.4. The number of nitro groups is 1. The minimum Gasteiger partial charge on any atom is -0.352 e. The van der Waals surface area contributed by atoms with Crippen LogP contribution in [0.1, 0.15) is 50.3 Å². The lowest BCUT2D eigenvalue weighted by Crippen LogP contribution is -2.51. The van der Waals surface area contributed by atoms with Crippen molar-refractivity contribution in [1.82, 2.24) is 10.2 Å². The first kappa shape index (κ1) is 26.4. The number of carbonyl (C=O) groups excluding carboxylic acids is 2. The van der Waals surface area contributed by atoms with Gasteiger partial charge in [0.25, 0.3) is 5.69 Å². The van der Waals surface area contributed by atoms with Crippen LogP contribution in [-0.2, 0) is 21.9 Å². The molecule has 0 bridgehead atoms. The standard InChI is InChI=1S/C25H33N3O4S/c1-5-19(4)26-25(30)23(6-2)27(15-20-9-7-18(3)8-10-20)24(29)17-33-16-21-11-13-22(14-12-21)28(31)32/h7-14,19,23H,5-6,15-17H2,1-4H3,(H,26,30)/t19-,23+/m1/s1. The molecular weight excluding hydrogens is 438 g/mol. The lowest BCUT2D eigenvalue weighted by molar-refractivity contribution is -0.384. The second-order valence-electron chi connectivity index (χ2n) is 8.17. The predicted octanol–water partition coefficient (Wildman–Crippen LogP) is 4.86. The molecule has 0 unspecified atom stereocenters. The number of non-ortho nitro benzene ring substituents is 1. The van der Waals surface area contributed by atoms with Crippen LogP contribution in [0.5, 0.6) is 0 Å². The second-order valence-corrected chi connectivity index (χ2v) is 9.15. The van der Waals surface area contributed by atoms with E-state index in [4.69, 9.17) is 0 Å². The van der Waals surface area contributed by atoms with Crippen molar-refractivity contribution in [1.29, 1.82) is 0 Å². The maximum absolute atomic E-state index is 13.2. The van der Waals surface area contributed by atoms with Gasteiger partial charge in [-0.15, -0.1) is 11.8 Å². The molecule has 0 heterocycles. The van der Waals surface area contributed by atoms with Gasteiger partial charge in [0, 0.05) is 30.5 Å². The molecule has 7 nitrogen and oxygen atoms in total. The molecule has 0 aliphatic rings. The Balaban J connectivity index is 2.11. The fraction of sp³-hybridized carbons (Fsp3) is 0.440. The molecular formula is C25H33N3O4S. The van der Waals surface area contributed by atoms with Crippen LogP contribution in [0.4, 0.5) is 5.69 Å². The minimum atomic E-state index is -0.548. The summed E-state index contributed by atoms with van der Waals surface area (Å²) in [6, 6.07) is 13.8. The van der Waals surface area contributed by atoms with Crippen LogP contribution in [0, 0.1) is 17.0 Å². The summed E-state index contributed by atoms with van der Waals surface area (Å²) in [5, 5.41) is 13.8. The van der Waals surface area contributed by atoms with E-state index in [-0.39, 0.29) is 29.3 Å². The third-order valence-electron chi connectivity index (χ3n) is 5.50. The highest BCUT2D eigenvalue weighted by Crippen LogP contribution is 2.19. The highest BCUT2D eigenvalue weighted by Gasteiger charge is 2.29. The number of amides is 2. The Bertz CT molecular complexity index is 932. The number of nitrogens with one attached hydrogen (secondary N) is 1. The number of nitro benzene ring substituents is 1. The summed E-state index contributed by atoms with van der Waals surface area (Å²) in [7, 11) is 0. The second kappa shape index (κ2) is 13.0. The monoisotopic (exact) mass is 471 g/mol. The van der Waals surface area contributed by atoms with Crippen LogP contribution in [0.3, 0.4) is 0 Å². The molecule has 0 spiro atoms. The number of benzene rings is 2. The smallest absolute Gasteiger partial charge is 0.269 e. The average molecular weight is 472 g/mol. The highest BCUT2D eigenvalue weighted by molar-refractivity contribution is 7.99. The molecule has 0 saturated carbocycles. The Kier molecular flexibility index (Phi) is 10.4. The summed E-state index contributed by atoms with van der Waals surface area (Å²) in [6.07, 6.45) is 1.34. The van der Waals surface area contributed by atoms with Crippen molar-refractivity contribution in [2.24, 2.45) is 0 Å². The summed E-state index contributed by atoms with van der Waals surface area (Å²) in [4.78, 5) is 38.2. The topological polar surface area (TPSA) is 92.6 Å². The number of rotatable bonds is 12. The fourth-order valence-corrected chi connectivity index (χ4v) is 4.17. The fourth-order valence-electron chi connectivity index (χ4n) is 3.30. The molecule has 0 aliphatic carbocycles.